The Morgan fingerprint density at radius 3 is 3.07 bits per heavy atom. The van der Waals surface area contributed by atoms with Crippen LogP contribution in [0.5, 0.6) is 0 Å². The van der Waals surface area contributed by atoms with Crippen LogP contribution in [0.2, 0.25) is 0 Å². The first kappa shape index (κ1) is 10.4. The summed E-state index contributed by atoms with van der Waals surface area (Å²) in [6, 6.07) is 0. The van der Waals surface area contributed by atoms with Gasteiger partial charge in [0.1, 0.15) is 0 Å². The molecule has 82 valence electrons. The van der Waals surface area contributed by atoms with Crippen LogP contribution in [0.15, 0.2) is 0 Å². The molecule has 0 saturated carbocycles. The molecule has 0 aromatic heterocycles. The summed E-state index contributed by atoms with van der Waals surface area (Å²) in [5.41, 5.74) is 0. The van der Waals surface area contributed by atoms with Crippen molar-refractivity contribution in [1.29, 1.82) is 0 Å². The molecule has 0 aromatic carbocycles. The third-order valence-corrected chi connectivity index (χ3v) is 3.26. The van der Waals surface area contributed by atoms with Gasteiger partial charge in [-0.15, -0.1) is 0 Å². The number of hydrogen-bond acceptors (Lipinski definition) is 3. The zero-order valence-electron chi connectivity index (χ0n) is 8.93. The van der Waals surface area contributed by atoms with Crippen molar-refractivity contribution in [2.24, 2.45) is 5.92 Å². The van der Waals surface area contributed by atoms with Crippen LogP contribution in [0.3, 0.4) is 0 Å². The van der Waals surface area contributed by atoms with Crippen molar-refractivity contribution in [3.8, 4) is 0 Å². The lowest BCUT2D eigenvalue weighted by Crippen LogP contribution is -2.27. The summed E-state index contributed by atoms with van der Waals surface area (Å²) >= 11 is 0. The highest BCUT2D eigenvalue weighted by atomic mass is 16.5. The lowest BCUT2D eigenvalue weighted by molar-refractivity contribution is 0.104. The summed E-state index contributed by atoms with van der Waals surface area (Å²) < 4.78 is 5.57. The van der Waals surface area contributed by atoms with Crippen LogP contribution in [-0.4, -0.2) is 38.9 Å². The second-order valence-corrected chi connectivity index (χ2v) is 4.49. The second kappa shape index (κ2) is 5.69. The maximum Gasteiger partial charge on any atom is 0.0588 e. The Morgan fingerprint density at radius 1 is 1.36 bits per heavy atom. The van der Waals surface area contributed by atoms with Crippen molar-refractivity contribution in [1.82, 2.24) is 10.6 Å². The normalized spacial score (nSPS) is 32.6. The van der Waals surface area contributed by atoms with Gasteiger partial charge >= 0.3 is 0 Å². The summed E-state index contributed by atoms with van der Waals surface area (Å²) in [5, 5.41) is 6.92. The number of ether oxygens (including phenoxy) is 1. The Kier molecular flexibility index (Phi) is 4.22. The molecule has 2 rings (SSSR count). The molecular weight excluding hydrogens is 176 g/mol. The molecule has 0 bridgehead atoms. The van der Waals surface area contributed by atoms with E-state index in [2.05, 4.69) is 10.6 Å². The summed E-state index contributed by atoms with van der Waals surface area (Å²) in [5.74, 6) is 0.861. The Labute approximate surface area is 86.6 Å². The van der Waals surface area contributed by atoms with Crippen molar-refractivity contribution < 1.29 is 4.74 Å². The summed E-state index contributed by atoms with van der Waals surface area (Å²) in [7, 11) is 0. The van der Waals surface area contributed by atoms with Gasteiger partial charge < -0.3 is 15.4 Å². The van der Waals surface area contributed by atoms with E-state index in [4.69, 9.17) is 4.74 Å². The quantitative estimate of drug-likeness (QED) is 0.640. The fourth-order valence-corrected chi connectivity index (χ4v) is 2.33. The topological polar surface area (TPSA) is 33.3 Å². The highest BCUT2D eigenvalue weighted by Crippen LogP contribution is 2.14. The van der Waals surface area contributed by atoms with E-state index in [0.29, 0.717) is 6.10 Å². The van der Waals surface area contributed by atoms with E-state index in [1.165, 1.54) is 45.3 Å². The summed E-state index contributed by atoms with van der Waals surface area (Å²) in [6.07, 6.45) is 5.61. The maximum atomic E-state index is 5.57. The molecule has 2 saturated heterocycles. The molecule has 2 heterocycles. The van der Waals surface area contributed by atoms with Gasteiger partial charge in [0.2, 0.25) is 0 Å². The van der Waals surface area contributed by atoms with Crippen LogP contribution < -0.4 is 10.6 Å². The minimum Gasteiger partial charge on any atom is -0.378 e. The van der Waals surface area contributed by atoms with Crippen LogP contribution in [0.25, 0.3) is 0 Å². The molecule has 2 unspecified atom stereocenters. The smallest absolute Gasteiger partial charge is 0.0588 e. The zero-order valence-corrected chi connectivity index (χ0v) is 8.93. The summed E-state index contributed by atoms with van der Waals surface area (Å²) in [6.45, 7) is 5.70. The molecule has 2 aliphatic heterocycles. The van der Waals surface area contributed by atoms with E-state index in [0.717, 1.165) is 19.1 Å². The molecule has 0 spiro atoms. The van der Waals surface area contributed by atoms with E-state index in [-0.39, 0.29) is 0 Å². The lowest BCUT2D eigenvalue weighted by atomic mass is 10.1. The van der Waals surface area contributed by atoms with Gasteiger partial charge in [-0.2, -0.15) is 0 Å². The minimum absolute atomic E-state index is 0.546. The monoisotopic (exact) mass is 198 g/mol. The predicted molar refractivity (Wildman–Crippen MR) is 57.4 cm³/mol. The third-order valence-electron chi connectivity index (χ3n) is 3.26. The molecule has 2 N–H and O–H groups in total. The molecule has 2 fully saturated rings. The van der Waals surface area contributed by atoms with Gasteiger partial charge in [0.15, 0.2) is 0 Å². The highest BCUT2D eigenvalue weighted by molar-refractivity contribution is 4.73. The van der Waals surface area contributed by atoms with Crippen LogP contribution in [0.4, 0.5) is 0 Å². The van der Waals surface area contributed by atoms with Gasteiger partial charge in [0, 0.05) is 6.61 Å². The molecule has 3 nitrogen and oxygen atoms in total. The van der Waals surface area contributed by atoms with Crippen molar-refractivity contribution in [2.45, 2.75) is 31.8 Å². The average molecular weight is 198 g/mol. The summed E-state index contributed by atoms with van der Waals surface area (Å²) in [4.78, 5) is 0. The van der Waals surface area contributed by atoms with Crippen LogP contribution in [0.1, 0.15) is 25.7 Å². The SMILES string of the molecule is C1COC(CCNCC2CCNC2)C1. The molecule has 2 atom stereocenters. The predicted octanol–water partition coefficient (Wildman–Crippen LogP) is 0.755. The van der Waals surface area contributed by atoms with Gasteiger partial charge in [-0.05, 0) is 57.8 Å². The molecule has 3 heteroatoms. The van der Waals surface area contributed by atoms with Crippen molar-refractivity contribution >= 4 is 0 Å². The van der Waals surface area contributed by atoms with Gasteiger partial charge in [0.05, 0.1) is 6.10 Å². The first-order valence-electron chi connectivity index (χ1n) is 5.98. The second-order valence-electron chi connectivity index (χ2n) is 4.49. The van der Waals surface area contributed by atoms with Gasteiger partial charge in [0.25, 0.3) is 0 Å². The first-order chi connectivity index (χ1) is 6.95. The van der Waals surface area contributed by atoms with Crippen molar-refractivity contribution in [3.05, 3.63) is 0 Å². The van der Waals surface area contributed by atoms with E-state index in [9.17, 15) is 0 Å². The van der Waals surface area contributed by atoms with Crippen molar-refractivity contribution in [2.75, 3.05) is 32.8 Å². The van der Waals surface area contributed by atoms with E-state index in [1.54, 1.807) is 0 Å². The number of hydrogen-bond donors (Lipinski definition) is 2. The fraction of sp³-hybridized carbons (Fsp3) is 1.00. The molecule has 0 radical (unpaired) electrons. The molecule has 2 aliphatic rings. The van der Waals surface area contributed by atoms with Crippen LogP contribution in [0, 0.1) is 5.92 Å². The largest absolute Gasteiger partial charge is 0.378 e. The van der Waals surface area contributed by atoms with Crippen LogP contribution >= 0.6 is 0 Å². The Morgan fingerprint density at radius 2 is 2.36 bits per heavy atom. The molecule has 0 aromatic rings. The molecule has 0 amide bonds. The Balaban J connectivity index is 1.46. The molecule has 14 heavy (non-hydrogen) atoms. The maximum absolute atomic E-state index is 5.57. The van der Waals surface area contributed by atoms with Gasteiger partial charge in [-0.1, -0.05) is 0 Å². The van der Waals surface area contributed by atoms with Gasteiger partial charge in [-0.25, -0.2) is 0 Å². The fourth-order valence-electron chi connectivity index (χ4n) is 2.33. The number of rotatable bonds is 5. The standard InChI is InChI=1S/C11H22N2O/c1-2-11(14-7-1)4-6-13-9-10-3-5-12-8-10/h10-13H,1-9H2. The minimum atomic E-state index is 0.546. The lowest BCUT2D eigenvalue weighted by Gasteiger charge is -2.12. The van der Waals surface area contributed by atoms with E-state index < -0.39 is 0 Å². The molecular formula is C11H22N2O. The Hall–Kier alpha value is -0.120. The van der Waals surface area contributed by atoms with Gasteiger partial charge in [-0.3, -0.25) is 0 Å². The van der Waals surface area contributed by atoms with Crippen LogP contribution in [-0.2, 0) is 4.74 Å². The van der Waals surface area contributed by atoms with Crippen molar-refractivity contribution in [3.63, 3.8) is 0 Å². The van der Waals surface area contributed by atoms with E-state index >= 15 is 0 Å². The van der Waals surface area contributed by atoms with E-state index in [1.807, 2.05) is 0 Å². The first-order valence-corrected chi connectivity index (χ1v) is 5.98. The zero-order chi connectivity index (χ0) is 9.64. The Bertz CT molecular complexity index is 133. The highest BCUT2D eigenvalue weighted by Gasteiger charge is 2.16. The number of nitrogens with one attached hydrogen (secondary N) is 2. The average Bonchev–Trinajstić information content (AvgIpc) is 2.86. The third kappa shape index (κ3) is 3.23. The molecule has 0 aliphatic carbocycles.